The molecule has 0 N–H and O–H groups in total. The van der Waals surface area contributed by atoms with E-state index < -0.39 is 5.60 Å². The van der Waals surface area contributed by atoms with Gasteiger partial charge in [0.15, 0.2) is 5.82 Å². The van der Waals surface area contributed by atoms with Crippen LogP contribution in [0.2, 0.25) is 0 Å². The normalized spacial score (nSPS) is 19.4. The number of hydrogen-bond acceptors (Lipinski definition) is 6. The number of ether oxygens (including phenoxy) is 2. The first-order valence-electron chi connectivity index (χ1n) is 8.51. The van der Waals surface area contributed by atoms with Crippen LogP contribution in [0.3, 0.4) is 0 Å². The summed E-state index contributed by atoms with van der Waals surface area (Å²) in [6.45, 7) is 8.79. The van der Waals surface area contributed by atoms with Gasteiger partial charge in [-0.25, -0.2) is 19.3 Å². The summed E-state index contributed by atoms with van der Waals surface area (Å²) in [6.07, 6.45) is 2.93. The van der Waals surface area contributed by atoms with Crippen LogP contribution in [-0.4, -0.2) is 57.0 Å². The Kier molecular flexibility index (Phi) is 4.53. The van der Waals surface area contributed by atoms with Gasteiger partial charge in [-0.1, -0.05) is 0 Å². The second-order valence-corrected chi connectivity index (χ2v) is 7.44. The molecule has 8 nitrogen and oxygen atoms in total. The molecule has 136 valence electrons. The number of rotatable bonds is 2. The van der Waals surface area contributed by atoms with Crippen LogP contribution in [0.25, 0.3) is 5.70 Å². The number of likely N-dealkylation sites (tertiary alicyclic amines) is 1. The molecule has 0 aromatic carbocycles. The van der Waals surface area contributed by atoms with Crippen molar-refractivity contribution in [2.24, 2.45) is 0 Å². The Hall–Kier alpha value is -2.38. The van der Waals surface area contributed by atoms with E-state index in [4.69, 9.17) is 9.47 Å². The Balaban J connectivity index is 1.61. The highest BCUT2D eigenvalue weighted by Gasteiger charge is 2.30. The van der Waals surface area contributed by atoms with Crippen molar-refractivity contribution in [3.8, 4) is 0 Å². The minimum atomic E-state index is -0.485. The highest BCUT2D eigenvalue weighted by Crippen LogP contribution is 2.27. The van der Waals surface area contributed by atoms with Crippen LogP contribution in [0, 0.1) is 0 Å². The van der Waals surface area contributed by atoms with Gasteiger partial charge < -0.3 is 14.4 Å². The number of carbonyl (C=O) groups is 2. The standard InChI is InChI=1S/C17H24N4O4/c1-11-13(9-24-15(11)22)21-10-18-14(19-21)12-5-7-20(8-6-12)16(23)25-17(2,3)4/h10,12H,5-9H2,1-4H3. The summed E-state index contributed by atoms with van der Waals surface area (Å²) < 4.78 is 12.0. The molecule has 1 fully saturated rings. The maximum Gasteiger partial charge on any atom is 0.410 e. The van der Waals surface area contributed by atoms with Crippen LogP contribution >= 0.6 is 0 Å². The summed E-state index contributed by atoms with van der Waals surface area (Å²) in [5.74, 6) is 0.625. The first-order valence-corrected chi connectivity index (χ1v) is 8.51. The van der Waals surface area contributed by atoms with Gasteiger partial charge in [0.2, 0.25) is 0 Å². The first kappa shape index (κ1) is 17.4. The molecule has 2 aliphatic rings. The molecule has 0 unspecified atom stereocenters. The molecule has 1 aromatic rings. The summed E-state index contributed by atoms with van der Waals surface area (Å²) in [6, 6.07) is 0. The predicted octanol–water partition coefficient (Wildman–Crippen LogP) is 2.18. The van der Waals surface area contributed by atoms with Gasteiger partial charge in [-0.3, -0.25) is 0 Å². The molecular weight excluding hydrogens is 324 g/mol. The first-order chi connectivity index (χ1) is 11.7. The Bertz CT molecular complexity index is 708. The van der Waals surface area contributed by atoms with Crippen LogP contribution in [-0.2, 0) is 14.3 Å². The Morgan fingerprint density at radius 2 is 2.00 bits per heavy atom. The topological polar surface area (TPSA) is 86.6 Å². The quantitative estimate of drug-likeness (QED) is 0.762. The number of esters is 1. The molecule has 0 atom stereocenters. The molecule has 3 heterocycles. The second kappa shape index (κ2) is 6.50. The molecule has 0 spiro atoms. The lowest BCUT2D eigenvalue weighted by atomic mass is 9.96. The van der Waals surface area contributed by atoms with Crippen molar-refractivity contribution in [3.05, 3.63) is 17.7 Å². The van der Waals surface area contributed by atoms with E-state index in [0.29, 0.717) is 18.7 Å². The highest BCUT2D eigenvalue weighted by atomic mass is 16.6. The predicted molar refractivity (Wildman–Crippen MR) is 89.7 cm³/mol. The van der Waals surface area contributed by atoms with Crippen LogP contribution in [0.1, 0.15) is 52.3 Å². The molecule has 1 aromatic heterocycles. The van der Waals surface area contributed by atoms with E-state index in [0.717, 1.165) is 24.4 Å². The molecule has 25 heavy (non-hydrogen) atoms. The molecule has 0 aliphatic carbocycles. The minimum absolute atomic E-state index is 0.193. The van der Waals surface area contributed by atoms with Gasteiger partial charge in [-0.15, -0.1) is 0 Å². The van der Waals surface area contributed by atoms with Gasteiger partial charge in [0, 0.05) is 19.0 Å². The molecule has 0 radical (unpaired) electrons. The van der Waals surface area contributed by atoms with Gasteiger partial charge >= 0.3 is 12.1 Å². The van der Waals surface area contributed by atoms with Crippen molar-refractivity contribution in [1.82, 2.24) is 19.7 Å². The average molecular weight is 348 g/mol. The van der Waals surface area contributed by atoms with E-state index in [1.54, 1.807) is 22.8 Å². The van der Waals surface area contributed by atoms with Crippen molar-refractivity contribution >= 4 is 17.8 Å². The minimum Gasteiger partial charge on any atom is -0.456 e. The van der Waals surface area contributed by atoms with E-state index >= 15 is 0 Å². The van der Waals surface area contributed by atoms with Gasteiger partial charge in [-0.2, -0.15) is 5.10 Å². The zero-order chi connectivity index (χ0) is 18.2. The average Bonchev–Trinajstić information content (AvgIpc) is 3.14. The van der Waals surface area contributed by atoms with E-state index in [9.17, 15) is 9.59 Å². The number of aromatic nitrogens is 3. The largest absolute Gasteiger partial charge is 0.456 e. The van der Waals surface area contributed by atoms with Crippen LogP contribution in [0.5, 0.6) is 0 Å². The fourth-order valence-corrected chi connectivity index (χ4v) is 2.95. The van der Waals surface area contributed by atoms with Crippen molar-refractivity contribution in [3.63, 3.8) is 0 Å². The van der Waals surface area contributed by atoms with Crippen LogP contribution in [0.15, 0.2) is 11.9 Å². The maximum absolute atomic E-state index is 12.1. The SMILES string of the molecule is CC1=C(n2cnc(C3CCN(C(=O)OC(C)(C)C)CC3)n2)COC1=O. The number of cyclic esters (lactones) is 1. The monoisotopic (exact) mass is 348 g/mol. The van der Waals surface area contributed by atoms with Gasteiger partial charge in [-0.05, 0) is 40.5 Å². The molecule has 8 heteroatoms. The number of nitrogens with zero attached hydrogens (tertiary/aromatic N) is 4. The molecule has 2 aliphatic heterocycles. The Morgan fingerprint density at radius 3 is 2.56 bits per heavy atom. The lowest BCUT2D eigenvalue weighted by molar-refractivity contribution is -0.135. The Labute approximate surface area is 146 Å². The van der Waals surface area contributed by atoms with E-state index in [-0.39, 0.29) is 24.6 Å². The number of hydrogen-bond donors (Lipinski definition) is 0. The fraction of sp³-hybridized carbons (Fsp3) is 0.647. The third kappa shape index (κ3) is 3.83. The zero-order valence-electron chi connectivity index (χ0n) is 15.1. The fourth-order valence-electron chi connectivity index (χ4n) is 2.95. The highest BCUT2D eigenvalue weighted by molar-refractivity contribution is 5.97. The molecule has 1 amide bonds. The van der Waals surface area contributed by atoms with E-state index in [2.05, 4.69) is 10.1 Å². The molecule has 1 saturated heterocycles. The summed E-state index contributed by atoms with van der Waals surface area (Å²) in [7, 11) is 0. The number of amides is 1. The molecule has 0 saturated carbocycles. The van der Waals surface area contributed by atoms with Crippen molar-refractivity contribution in [2.75, 3.05) is 19.7 Å². The van der Waals surface area contributed by atoms with Gasteiger partial charge in [0.25, 0.3) is 0 Å². The van der Waals surface area contributed by atoms with Gasteiger partial charge in [0.1, 0.15) is 18.5 Å². The number of piperidine rings is 1. The van der Waals surface area contributed by atoms with E-state index in [1.165, 1.54) is 0 Å². The summed E-state index contributed by atoms with van der Waals surface area (Å²) >= 11 is 0. The second-order valence-electron chi connectivity index (χ2n) is 7.44. The van der Waals surface area contributed by atoms with Crippen molar-refractivity contribution in [2.45, 2.75) is 52.1 Å². The smallest absolute Gasteiger partial charge is 0.410 e. The van der Waals surface area contributed by atoms with Crippen molar-refractivity contribution < 1.29 is 19.1 Å². The summed E-state index contributed by atoms with van der Waals surface area (Å²) in [5.41, 5.74) is 0.812. The third-order valence-electron chi connectivity index (χ3n) is 4.38. The maximum atomic E-state index is 12.1. The zero-order valence-corrected chi connectivity index (χ0v) is 15.1. The van der Waals surface area contributed by atoms with Gasteiger partial charge in [0.05, 0.1) is 11.3 Å². The van der Waals surface area contributed by atoms with Crippen LogP contribution in [0.4, 0.5) is 4.79 Å². The molecule has 3 rings (SSSR count). The summed E-state index contributed by atoms with van der Waals surface area (Å²) in [5, 5.41) is 4.51. The molecular formula is C17H24N4O4. The number of carbonyl (C=O) groups excluding carboxylic acids is 2. The molecule has 0 bridgehead atoms. The summed E-state index contributed by atoms with van der Waals surface area (Å²) in [4.78, 5) is 29.7. The lowest BCUT2D eigenvalue weighted by Crippen LogP contribution is -2.41. The van der Waals surface area contributed by atoms with Crippen LogP contribution < -0.4 is 0 Å². The lowest BCUT2D eigenvalue weighted by Gasteiger charge is -2.32. The Morgan fingerprint density at radius 1 is 1.32 bits per heavy atom. The van der Waals surface area contributed by atoms with E-state index in [1.807, 2.05) is 20.8 Å². The third-order valence-corrected chi connectivity index (χ3v) is 4.38. The van der Waals surface area contributed by atoms with Crippen molar-refractivity contribution in [1.29, 1.82) is 0 Å².